The van der Waals surface area contributed by atoms with Crippen LogP contribution in [-0.4, -0.2) is 29.3 Å². The van der Waals surface area contributed by atoms with E-state index in [-0.39, 0.29) is 0 Å². The zero-order valence-electron chi connectivity index (χ0n) is 12.7. The summed E-state index contributed by atoms with van der Waals surface area (Å²) in [5.41, 5.74) is 3.77. The molecule has 126 valence electrons. The van der Waals surface area contributed by atoms with Gasteiger partial charge in [0.15, 0.2) is 5.54 Å². The van der Waals surface area contributed by atoms with E-state index < -0.39 is 29.5 Å². The lowest BCUT2D eigenvalue weighted by atomic mass is 9.90. The Bertz CT molecular complexity index is 696. The molecule has 0 aliphatic carbocycles. The first kappa shape index (κ1) is 17.6. The molecule has 0 heterocycles. The Kier molecular flexibility index (Phi) is 5.65. The maximum atomic E-state index is 12.0. The fraction of sp³-hybridized carbons (Fsp3) is 0.176. The van der Waals surface area contributed by atoms with E-state index in [1.54, 1.807) is 60.7 Å². The Morgan fingerprint density at radius 2 is 1.67 bits per heavy atom. The van der Waals surface area contributed by atoms with Crippen molar-refractivity contribution >= 4 is 23.6 Å². The summed E-state index contributed by atoms with van der Waals surface area (Å²) in [6.07, 6.45) is 0. The molecule has 0 saturated heterocycles. The molecule has 0 aliphatic rings. The number of para-hydroxylation sites is 1. The Balaban J connectivity index is 2.35. The maximum absolute atomic E-state index is 12.0. The van der Waals surface area contributed by atoms with Gasteiger partial charge in [0.05, 0.1) is 5.38 Å². The summed E-state index contributed by atoms with van der Waals surface area (Å²) in [4.78, 5) is 23.4. The van der Waals surface area contributed by atoms with E-state index in [1.165, 1.54) is 0 Å². The van der Waals surface area contributed by atoms with Gasteiger partial charge in [0, 0.05) is 0 Å². The number of nitrogens with one attached hydrogen (secondary N) is 1. The third-order valence-electron chi connectivity index (χ3n) is 3.46. The molecule has 2 atom stereocenters. The average Bonchev–Trinajstić information content (AvgIpc) is 2.59. The second-order valence-electron chi connectivity index (χ2n) is 5.14. The topological polar surface area (TPSA) is 102 Å². The Labute approximate surface area is 144 Å². The van der Waals surface area contributed by atoms with Gasteiger partial charge in [-0.25, -0.2) is 9.59 Å². The molecule has 0 spiro atoms. The van der Waals surface area contributed by atoms with Crippen molar-refractivity contribution in [3.8, 4) is 5.75 Å². The van der Waals surface area contributed by atoms with Crippen LogP contribution in [-0.2, 0) is 4.79 Å². The first-order valence-corrected chi connectivity index (χ1v) is 7.57. The monoisotopic (exact) mass is 348 g/mol. The van der Waals surface area contributed by atoms with E-state index in [4.69, 9.17) is 22.1 Å². The summed E-state index contributed by atoms with van der Waals surface area (Å²) in [7, 11) is 0. The van der Waals surface area contributed by atoms with Gasteiger partial charge < -0.3 is 20.9 Å². The largest absolute Gasteiger partial charge is 0.490 e. The van der Waals surface area contributed by atoms with Crippen molar-refractivity contribution in [2.75, 3.05) is 6.61 Å². The molecule has 2 rings (SSSR count). The van der Waals surface area contributed by atoms with Crippen LogP contribution in [0.1, 0.15) is 10.9 Å². The molecule has 4 N–H and O–H groups in total. The van der Waals surface area contributed by atoms with Crippen molar-refractivity contribution in [3.05, 3.63) is 66.2 Å². The maximum Gasteiger partial charge on any atom is 0.335 e. The van der Waals surface area contributed by atoms with Crippen LogP contribution in [0.2, 0.25) is 0 Å². The van der Waals surface area contributed by atoms with Crippen LogP contribution in [0.25, 0.3) is 0 Å². The Hall–Kier alpha value is -2.73. The number of halogens is 1. The Morgan fingerprint density at radius 3 is 2.17 bits per heavy atom. The van der Waals surface area contributed by atoms with Crippen molar-refractivity contribution in [2.45, 2.75) is 10.9 Å². The number of carbonyl (C=O) groups is 2. The number of carboxylic acid groups (broad SMARTS) is 1. The molecule has 0 fully saturated rings. The van der Waals surface area contributed by atoms with E-state index in [1.807, 2.05) is 0 Å². The molecule has 0 radical (unpaired) electrons. The van der Waals surface area contributed by atoms with E-state index >= 15 is 0 Å². The summed E-state index contributed by atoms with van der Waals surface area (Å²) in [6, 6.07) is 16.2. The summed E-state index contributed by atoms with van der Waals surface area (Å²) in [6.45, 7) is -0.391. The summed E-state index contributed by atoms with van der Waals surface area (Å²) >= 11 is 6.40. The molecule has 24 heavy (non-hydrogen) atoms. The summed E-state index contributed by atoms with van der Waals surface area (Å²) < 4.78 is 5.54. The summed E-state index contributed by atoms with van der Waals surface area (Å²) in [5, 5.41) is 10.9. The van der Waals surface area contributed by atoms with Crippen molar-refractivity contribution in [2.24, 2.45) is 5.73 Å². The molecule has 6 nitrogen and oxygen atoms in total. The van der Waals surface area contributed by atoms with Crippen LogP contribution in [0.3, 0.4) is 0 Å². The van der Waals surface area contributed by atoms with Crippen LogP contribution in [0.15, 0.2) is 60.7 Å². The number of aliphatic carboxylic acids is 1. The van der Waals surface area contributed by atoms with Gasteiger partial charge in [-0.1, -0.05) is 48.5 Å². The number of amides is 2. The van der Waals surface area contributed by atoms with Crippen LogP contribution < -0.4 is 15.8 Å². The highest BCUT2D eigenvalue weighted by atomic mass is 35.5. The van der Waals surface area contributed by atoms with Gasteiger partial charge in [-0.3, -0.25) is 0 Å². The fourth-order valence-corrected chi connectivity index (χ4v) is 2.59. The van der Waals surface area contributed by atoms with Gasteiger partial charge in [0.1, 0.15) is 12.4 Å². The number of ether oxygens (including phenoxy) is 1. The number of primary amides is 1. The first-order valence-electron chi connectivity index (χ1n) is 7.13. The molecule has 0 saturated carbocycles. The molecular weight excluding hydrogens is 332 g/mol. The number of carboxylic acids is 1. The molecule has 0 bridgehead atoms. The second-order valence-corrected chi connectivity index (χ2v) is 5.58. The highest BCUT2D eigenvalue weighted by Crippen LogP contribution is 2.33. The fourth-order valence-electron chi connectivity index (χ4n) is 2.24. The molecule has 2 aromatic carbocycles. The van der Waals surface area contributed by atoms with Crippen molar-refractivity contribution in [3.63, 3.8) is 0 Å². The number of benzene rings is 2. The first-order chi connectivity index (χ1) is 11.5. The van der Waals surface area contributed by atoms with Gasteiger partial charge in [0.2, 0.25) is 0 Å². The predicted molar refractivity (Wildman–Crippen MR) is 90.1 cm³/mol. The van der Waals surface area contributed by atoms with Crippen LogP contribution >= 0.6 is 11.6 Å². The van der Waals surface area contributed by atoms with Crippen LogP contribution in [0, 0.1) is 0 Å². The lowest BCUT2D eigenvalue weighted by Crippen LogP contribution is -2.62. The number of urea groups is 1. The third kappa shape index (κ3) is 3.97. The SMILES string of the molecule is NC(=O)NC(COc1ccccc1)(C(=O)O)C(Cl)c1ccccc1. The second kappa shape index (κ2) is 7.70. The third-order valence-corrected chi connectivity index (χ3v) is 4.09. The minimum atomic E-state index is -1.93. The van der Waals surface area contributed by atoms with Gasteiger partial charge in [-0.05, 0) is 17.7 Å². The molecule has 7 heteroatoms. The molecule has 2 aromatic rings. The van der Waals surface area contributed by atoms with Gasteiger partial charge in [0.25, 0.3) is 0 Å². The van der Waals surface area contributed by atoms with E-state index in [0.717, 1.165) is 0 Å². The molecule has 0 aromatic heterocycles. The van der Waals surface area contributed by atoms with Crippen molar-refractivity contribution < 1.29 is 19.4 Å². The lowest BCUT2D eigenvalue weighted by molar-refractivity contribution is -0.146. The van der Waals surface area contributed by atoms with E-state index in [9.17, 15) is 14.7 Å². The van der Waals surface area contributed by atoms with Gasteiger partial charge in [-0.2, -0.15) is 0 Å². The average molecular weight is 349 g/mol. The molecular formula is C17H17ClN2O4. The zero-order valence-corrected chi connectivity index (χ0v) is 13.4. The lowest BCUT2D eigenvalue weighted by Gasteiger charge is -2.33. The predicted octanol–water partition coefficient (Wildman–Crippen LogP) is 2.54. The van der Waals surface area contributed by atoms with Crippen molar-refractivity contribution in [1.29, 1.82) is 0 Å². The highest BCUT2D eigenvalue weighted by molar-refractivity contribution is 6.23. The van der Waals surface area contributed by atoms with Crippen molar-refractivity contribution in [1.82, 2.24) is 5.32 Å². The van der Waals surface area contributed by atoms with E-state index in [0.29, 0.717) is 11.3 Å². The molecule has 2 amide bonds. The number of hydrogen-bond acceptors (Lipinski definition) is 3. The minimum absolute atomic E-state index is 0.391. The molecule has 0 aliphatic heterocycles. The number of carbonyl (C=O) groups excluding carboxylic acids is 1. The number of hydrogen-bond donors (Lipinski definition) is 3. The number of nitrogens with two attached hydrogens (primary N) is 1. The molecule has 2 unspecified atom stereocenters. The highest BCUT2D eigenvalue weighted by Gasteiger charge is 2.48. The smallest absolute Gasteiger partial charge is 0.335 e. The number of rotatable bonds is 7. The summed E-state index contributed by atoms with van der Waals surface area (Å²) in [5.74, 6) is -0.896. The minimum Gasteiger partial charge on any atom is -0.490 e. The van der Waals surface area contributed by atoms with Gasteiger partial charge in [-0.15, -0.1) is 11.6 Å². The zero-order chi connectivity index (χ0) is 17.6. The van der Waals surface area contributed by atoms with Crippen LogP contribution in [0.5, 0.6) is 5.75 Å². The standard InChI is InChI=1S/C17H17ClN2O4/c18-14(12-7-3-1-4-8-12)17(15(21)22,20-16(19)23)11-24-13-9-5-2-6-10-13/h1-10,14H,11H2,(H,21,22)(H3,19,20,23). The normalized spacial score (nSPS) is 14.2. The van der Waals surface area contributed by atoms with Gasteiger partial charge >= 0.3 is 12.0 Å². The van der Waals surface area contributed by atoms with E-state index in [2.05, 4.69) is 5.32 Å². The quantitative estimate of drug-likeness (QED) is 0.669. The number of alkyl halides is 1. The Morgan fingerprint density at radius 1 is 1.12 bits per heavy atom. The van der Waals surface area contributed by atoms with Crippen LogP contribution in [0.4, 0.5) is 4.79 Å².